The second-order valence-electron chi connectivity index (χ2n) is 6.23. The van der Waals surface area contributed by atoms with Gasteiger partial charge in [-0.15, -0.1) is 0 Å². The molecule has 4 rings (SSSR count). The highest BCUT2D eigenvalue weighted by Crippen LogP contribution is 2.33. The standard InChI is InChI=1S/C16H19N7O2/c1-8-18-13-11(4-5-17-15(13)19-8)16(24)23-7-10(25-3)6-12(23)14-20-9(2)21-22-14/h4-5,10,12H,6-7H2,1-3H3,(H,17,18,19)(H,20,21,22)/t10-,12+/m1/s1. The third kappa shape index (κ3) is 2.66. The van der Waals surface area contributed by atoms with Crippen molar-refractivity contribution in [3.63, 3.8) is 0 Å². The number of fused-ring (bicyclic) bond motifs is 1. The van der Waals surface area contributed by atoms with E-state index >= 15 is 0 Å². The molecule has 130 valence electrons. The summed E-state index contributed by atoms with van der Waals surface area (Å²) >= 11 is 0. The van der Waals surface area contributed by atoms with Crippen molar-refractivity contribution in [3.05, 3.63) is 35.3 Å². The Morgan fingerprint density at radius 3 is 2.88 bits per heavy atom. The number of carbonyl (C=O) groups is 1. The number of ether oxygens (including phenoxy) is 1. The van der Waals surface area contributed by atoms with Gasteiger partial charge in [0, 0.05) is 26.3 Å². The van der Waals surface area contributed by atoms with Crippen LogP contribution in [0.3, 0.4) is 0 Å². The Kier molecular flexibility index (Phi) is 3.72. The van der Waals surface area contributed by atoms with Crippen LogP contribution in [-0.2, 0) is 4.74 Å². The Morgan fingerprint density at radius 1 is 1.32 bits per heavy atom. The van der Waals surface area contributed by atoms with Crippen molar-refractivity contribution in [2.24, 2.45) is 0 Å². The van der Waals surface area contributed by atoms with Crippen LogP contribution in [0.1, 0.15) is 40.3 Å². The van der Waals surface area contributed by atoms with Crippen molar-refractivity contribution in [2.45, 2.75) is 32.4 Å². The highest BCUT2D eigenvalue weighted by atomic mass is 16.5. The Labute approximate surface area is 143 Å². The fourth-order valence-electron chi connectivity index (χ4n) is 3.31. The van der Waals surface area contributed by atoms with Gasteiger partial charge in [0.25, 0.3) is 5.91 Å². The molecule has 1 aliphatic rings. The van der Waals surface area contributed by atoms with Crippen LogP contribution in [0.15, 0.2) is 12.3 Å². The zero-order chi connectivity index (χ0) is 17.6. The van der Waals surface area contributed by atoms with E-state index in [1.54, 1.807) is 24.3 Å². The van der Waals surface area contributed by atoms with Gasteiger partial charge in [-0.1, -0.05) is 0 Å². The molecule has 4 heterocycles. The van der Waals surface area contributed by atoms with Gasteiger partial charge in [-0.25, -0.2) is 15.0 Å². The topological polar surface area (TPSA) is 113 Å². The van der Waals surface area contributed by atoms with Crippen LogP contribution in [0, 0.1) is 13.8 Å². The predicted octanol–water partition coefficient (Wildman–Crippen LogP) is 1.30. The van der Waals surface area contributed by atoms with Crippen molar-refractivity contribution in [1.29, 1.82) is 0 Å². The molecule has 0 radical (unpaired) electrons. The van der Waals surface area contributed by atoms with Gasteiger partial charge in [0.1, 0.15) is 11.6 Å². The molecule has 0 aromatic carbocycles. The van der Waals surface area contributed by atoms with Crippen molar-refractivity contribution < 1.29 is 9.53 Å². The summed E-state index contributed by atoms with van der Waals surface area (Å²) in [6, 6.07) is 1.48. The first-order chi connectivity index (χ1) is 12.1. The molecule has 1 aliphatic heterocycles. The highest BCUT2D eigenvalue weighted by Gasteiger charge is 2.39. The lowest BCUT2D eigenvalue weighted by Gasteiger charge is -2.22. The molecular formula is C16H19N7O2. The third-order valence-electron chi connectivity index (χ3n) is 4.51. The molecule has 3 aromatic heterocycles. The number of carbonyl (C=O) groups excluding carboxylic acids is 1. The van der Waals surface area contributed by atoms with E-state index in [1.807, 2.05) is 13.8 Å². The fraction of sp³-hybridized carbons (Fsp3) is 0.438. The Balaban J connectivity index is 1.73. The molecule has 1 saturated heterocycles. The average molecular weight is 341 g/mol. The van der Waals surface area contributed by atoms with Gasteiger partial charge in [-0.2, -0.15) is 5.10 Å². The van der Waals surface area contributed by atoms with E-state index in [-0.39, 0.29) is 18.1 Å². The Bertz CT molecular complexity index is 932. The number of rotatable bonds is 3. The van der Waals surface area contributed by atoms with Crippen LogP contribution in [0.2, 0.25) is 0 Å². The lowest BCUT2D eigenvalue weighted by Crippen LogP contribution is -2.32. The molecule has 0 spiro atoms. The van der Waals surface area contributed by atoms with Crippen molar-refractivity contribution in [2.75, 3.05) is 13.7 Å². The quantitative estimate of drug-likeness (QED) is 0.742. The van der Waals surface area contributed by atoms with E-state index in [2.05, 4.69) is 30.1 Å². The normalized spacial score (nSPS) is 20.5. The summed E-state index contributed by atoms with van der Waals surface area (Å²) in [4.78, 5) is 31.1. The number of pyridine rings is 1. The SMILES string of the molecule is CO[C@@H]1C[C@@H](c2n[nH]c(C)n2)N(C(=O)c2ccnc3nc(C)[nH]c23)C1. The van der Waals surface area contributed by atoms with E-state index in [1.165, 1.54) is 0 Å². The predicted molar refractivity (Wildman–Crippen MR) is 88.9 cm³/mol. The maximum Gasteiger partial charge on any atom is 0.256 e. The lowest BCUT2D eigenvalue weighted by molar-refractivity contribution is 0.0686. The molecule has 1 fully saturated rings. The van der Waals surface area contributed by atoms with Crippen molar-refractivity contribution in [3.8, 4) is 0 Å². The maximum atomic E-state index is 13.3. The number of aromatic nitrogens is 6. The number of amides is 1. The molecule has 0 bridgehead atoms. The van der Waals surface area contributed by atoms with Crippen molar-refractivity contribution >= 4 is 17.1 Å². The van der Waals surface area contributed by atoms with E-state index in [0.29, 0.717) is 35.5 Å². The largest absolute Gasteiger partial charge is 0.380 e. The summed E-state index contributed by atoms with van der Waals surface area (Å²) < 4.78 is 5.49. The van der Waals surface area contributed by atoms with Crippen LogP contribution in [0.5, 0.6) is 0 Å². The van der Waals surface area contributed by atoms with E-state index < -0.39 is 0 Å². The summed E-state index contributed by atoms with van der Waals surface area (Å²) in [6.07, 6.45) is 2.22. The number of hydrogen-bond acceptors (Lipinski definition) is 6. The van der Waals surface area contributed by atoms with Gasteiger partial charge in [0.2, 0.25) is 0 Å². The number of methoxy groups -OCH3 is 1. The summed E-state index contributed by atoms with van der Waals surface area (Å²) in [5.41, 5.74) is 1.73. The number of nitrogens with one attached hydrogen (secondary N) is 2. The summed E-state index contributed by atoms with van der Waals surface area (Å²) in [5, 5.41) is 7.09. The van der Waals surface area contributed by atoms with E-state index in [0.717, 1.165) is 11.6 Å². The highest BCUT2D eigenvalue weighted by molar-refractivity contribution is 6.04. The van der Waals surface area contributed by atoms with Crippen LogP contribution < -0.4 is 0 Å². The van der Waals surface area contributed by atoms with Crippen LogP contribution >= 0.6 is 0 Å². The second-order valence-corrected chi connectivity index (χ2v) is 6.23. The molecule has 3 aromatic rings. The smallest absolute Gasteiger partial charge is 0.256 e. The van der Waals surface area contributed by atoms with Gasteiger partial charge in [-0.05, 0) is 19.9 Å². The number of likely N-dealkylation sites (tertiary alicyclic amines) is 1. The van der Waals surface area contributed by atoms with E-state index in [4.69, 9.17) is 4.74 Å². The first-order valence-corrected chi connectivity index (χ1v) is 8.10. The molecule has 25 heavy (non-hydrogen) atoms. The lowest BCUT2D eigenvalue weighted by atomic mass is 10.1. The first kappa shape index (κ1) is 15.7. The van der Waals surface area contributed by atoms with Gasteiger partial charge >= 0.3 is 0 Å². The van der Waals surface area contributed by atoms with Gasteiger partial charge in [-0.3, -0.25) is 9.89 Å². The molecular weight excluding hydrogens is 322 g/mol. The third-order valence-corrected chi connectivity index (χ3v) is 4.51. The zero-order valence-electron chi connectivity index (χ0n) is 14.3. The van der Waals surface area contributed by atoms with Gasteiger partial charge < -0.3 is 14.6 Å². The van der Waals surface area contributed by atoms with Gasteiger partial charge in [0.05, 0.1) is 23.2 Å². The molecule has 9 nitrogen and oxygen atoms in total. The number of aryl methyl sites for hydroxylation is 2. The average Bonchev–Trinajstić information content (AvgIpc) is 3.29. The minimum absolute atomic E-state index is 0.0476. The molecule has 2 N–H and O–H groups in total. The first-order valence-electron chi connectivity index (χ1n) is 8.10. The van der Waals surface area contributed by atoms with Gasteiger partial charge in [0.15, 0.2) is 11.5 Å². The summed E-state index contributed by atoms with van der Waals surface area (Å²) in [7, 11) is 1.65. The van der Waals surface area contributed by atoms with Crippen LogP contribution in [-0.4, -0.2) is 60.7 Å². The number of H-pyrrole nitrogens is 2. The Morgan fingerprint density at radius 2 is 2.16 bits per heavy atom. The minimum atomic E-state index is -0.227. The number of aromatic amines is 2. The molecule has 1 amide bonds. The van der Waals surface area contributed by atoms with Crippen LogP contribution in [0.25, 0.3) is 11.2 Å². The number of imidazole rings is 1. The molecule has 0 saturated carbocycles. The Hall–Kier alpha value is -2.81. The number of hydrogen-bond donors (Lipinski definition) is 2. The molecule has 2 atom stereocenters. The number of nitrogens with zero attached hydrogens (tertiary/aromatic N) is 5. The van der Waals surface area contributed by atoms with E-state index in [9.17, 15) is 4.79 Å². The summed E-state index contributed by atoms with van der Waals surface area (Å²) in [5.74, 6) is 1.94. The van der Waals surface area contributed by atoms with Crippen molar-refractivity contribution in [1.82, 2.24) is 35.0 Å². The second kappa shape index (κ2) is 5.92. The fourth-order valence-corrected chi connectivity index (χ4v) is 3.31. The minimum Gasteiger partial charge on any atom is -0.380 e. The molecule has 9 heteroatoms. The van der Waals surface area contributed by atoms with Crippen LogP contribution in [0.4, 0.5) is 0 Å². The summed E-state index contributed by atoms with van der Waals surface area (Å²) in [6.45, 7) is 4.17. The molecule has 0 aliphatic carbocycles. The monoisotopic (exact) mass is 341 g/mol. The maximum absolute atomic E-state index is 13.3. The molecule has 0 unspecified atom stereocenters. The zero-order valence-corrected chi connectivity index (χ0v) is 14.3.